The van der Waals surface area contributed by atoms with Crippen molar-refractivity contribution in [2.45, 2.75) is 6.92 Å². The number of hydrogen-bond donors (Lipinski definition) is 2. The SMILES string of the molecule is C=C(C)COCCNCC(=O)Nc1ccccc1Cl. The maximum atomic E-state index is 11.6. The van der Waals surface area contributed by atoms with Crippen LogP contribution in [0.5, 0.6) is 0 Å². The van der Waals surface area contributed by atoms with Crippen molar-refractivity contribution in [2.24, 2.45) is 0 Å². The van der Waals surface area contributed by atoms with E-state index in [2.05, 4.69) is 17.2 Å². The second-order valence-corrected chi connectivity index (χ2v) is 4.62. The zero-order chi connectivity index (χ0) is 14.1. The number of nitrogens with one attached hydrogen (secondary N) is 2. The third kappa shape index (κ3) is 6.96. The number of carbonyl (C=O) groups is 1. The standard InChI is InChI=1S/C14H19ClN2O2/c1-11(2)10-19-8-7-16-9-14(18)17-13-6-4-3-5-12(13)15/h3-6,16H,1,7-10H2,2H3,(H,17,18). The molecule has 0 aliphatic rings. The van der Waals surface area contributed by atoms with Gasteiger partial charge in [-0.3, -0.25) is 4.79 Å². The van der Waals surface area contributed by atoms with Crippen LogP contribution in [0.2, 0.25) is 5.02 Å². The number of amides is 1. The number of para-hydroxylation sites is 1. The van der Waals surface area contributed by atoms with E-state index in [4.69, 9.17) is 16.3 Å². The van der Waals surface area contributed by atoms with Gasteiger partial charge in [-0.25, -0.2) is 0 Å². The predicted molar refractivity (Wildman–Crippen MR) is 78.6 cm³/mol. The molecule has 0 aromatic heterocycles. The van der Waals surface area contributed by atoms with Gasteiger partial charge < -0.3 is 15.4 Å². The van der Waals surface area contributed by atoms with Gasteiger partial charge >= 0.3 is 0 Å². The number of hydrogen-bond acceptors (Lipinski definition) is 3. The minimum absolute atomic E-state index is 0.131. The number of ether oxygens (including phenoxy) is 1. The summed E-state index contributed by atoms with van der Waals surface area (Å²) in [6.45, 7) is 7.58. The Morgan fingerprint density at radius 1 is 1.42 bits per heavy atom. The van der Waals surface area contributed by atoms with Gasteiger partial charge in [0.25, 0.3) is 0 Å². The highest BCUT2D eigenvalue weighted by Crippen LogP contribution is 2.19. The summed E-state index contributed by atoms with van der Waals surface area (Å²) in [4.78, 5) is 11.6. The van der Waals surface area contributed by atoms with Gasteiger partial charge in [0.2, 0.25) is 5.91 Å². The molecule has 1 amide bonds. The van der Waals surface area contributed by atoms with Crippen molar-refractivity contribution in [2.75, 3.05) is 31.6 Å². The van der Waals surface area contributed by atoms with E-state index in [1.807, 2.05) is 19.1 Å². The number of anilines is 1. The minimum atomic E-state index is -0.131. The molecule has 0 bridgehead atoms. The van der Waals surface area contributed by atoms with Gasteiger partial charge in [-0.1, -0.05) is 35.9 Å². The Labute approximate surface area is 118 Å². The van der Waals surface area contributed by atoms with E-state index in [0.29, 0.717) is 30.5 Å². The van der Waals surface area contributed by atoms with Crippen LogP contribution in [0.25, 0.3) is 0 Å². The summed E-state index contributed by atoms with van der Waals surface area (Å²) >= 11 is 5.94. The van der Waals surface area contributed by atoms with Gasteiger partial charge in [-0.15, -0.1) is 0 Å². The van der Waals surface area contributed by atoms with E-state index in [1.54, 1.807) is 12.1 Å². The highest BCUT2D eigenvalue weighted by molar-refractivity contribution is 6.33. The highest BCUT2D eigenvalue weighted by atomic mass is 35.5. The molecule has 0 atom stereocenters. The minimum Gasteiger partial charge on any atom is -0.376 e. The Morgan fingerprint density at radius 2 is 2.16 bits per heavy atom. The molecule has 0 saturated heterocycles. The zero-order valence-corrected chi connectivity index (χ0v) is 11.8. The lowest BCUT2D eigenvalue weighted by Crippen LogP contribution is -2.30. The van der Waals surface area contributed by atoms with Crippen molar-refractivity contribution in [3.8, 4) is 0 Å². The van der Waals surface area contributed by atoms with Crippen LogP contribution in [0.3, 0.4) is 0 Å². The van der Waals surface area contributed by atoms with E-state index in [9.17, 15) is 4.79 Å². The number of benzene rings is 1. The maximum Gasteiger partial charge on any atom is 0.238 e. The van der Waals surface area contributed by atoms with E-state index in [1.165, 1.54) is 0 Å². The van der Waals surface area contributed by atoms with Gasteiger partial charge in [0.15, 0.2) is 0 Å². The highest BCUT2D eigenvalue weighted by Gasteiger charge is 2.04. The average molecular weight is 283 g/mol. The second kappa shape index (κ2) is 8.69. The van der Waals surface area contributed by atoms with Gasteiger partial charge in [-0.2, -0.15) is 0 Å². The Morgan fingerprint density at radius 3 is 2.84 bits per heavy atom. The van der Waals surface area contributed by atoms with E-state index < -0.39 is 0 Å². The van der Waals surface area contributed by atoms with Crippen molar-refractivity contribution >= 4 is 23.2 Å². The van der Waals surface area contributed by atoms with Crippen LogP contribution in [0.4, 0.5) is 5.69 Å². The van der Waals surface area contributed by atoms with E-state index in [-0.39, 0.29) is 12.5 Å². The summed E-state index contributed by atoms with van der Waals surface area (Å²) in [5, 5.41) is 6.25. The fourth-order valence-corrected chi connectivity index (χ4v) is 1.53. The summed E-state index contributed by atoms with van der Waals surface area (Å²) in [5.41, 5.74) is 1.60. The summed E-state index contributed by atoms with van der Waals surface area (Å²) in [6.07, 6.45) is 0. The van der Waals surface area contributed by atoms with Crippen molar-refractivity contribution in [3.63, 3.8) is 0 Å². The first-order valence-corrected chi connectivity index (χ1v) is 6.44. The van der Waals surface area contributed by atoms with Crippen molar-refractivity contribution in [1.29, 1.82) is 0 Å². The molecule has 0 aliphatic heterocycles. The molecule has 0 unspecified atom stereocenters. The van der Waals surface area contributed by atoms with Crippen molar-refractivity contribution < 1.29 is 9.53 Å². The molecule has 4 nitrogen and oxygen atoms in total. The third-order valence-electron chi connectivity index (χ3n) is 2.21. The first-order chi connectivity index (χ1) is 9.09. The predicted octanol–water partition coefficient (Wildman–Crippen LogP) is 2.46. The van der Waals surface area contributed by atoms with Crippen molar-refractivity contribution in [3.05, 3.63) is 41.4 Å². The fourth-order valence-electron chi connectivity index (χ4n) is 1.35. The van der Waals surface area contributed by atoms with Crippen molar-refractivity contribution in [1.82, 2.24) is 5.32 Å². The first kappa shape index (κ1) is 15.7. The van der Waals surface area contributed by atoms with Crippen LogP contribution in [-0.2, 0) is 9.53 Å². The monoisotopic (exact) mass is 282 g/mol. The lowest BCUT2D eigenvalue weighted by atomic mass is 10.3. The van der Waals surface area contributed by atoms with E-state index in [0.717, 1.165) is 5.57 Å². The molecule has 1 aromatic rings. The maximum absolute atomic E-state index is 11.6. The summed E-state index contributed by atoms with van der Waals surface area (Å²) in [5.74, 6) is -0.131. The second-order valence-electron chi connectivity index (χ2n) is 4.21. The zero-order valence-electron chi connectivity index (χ0n) is 11.0. The molecule has 104 valence electrons. The Bertz CT molecular complexity index is 435. The normalized spacial score (nSPS) is 10.2. The van der Waals surface area contributed by atoms with Gasteiger partial charge in [0.1, 0.15) is 0 Å². The molecule has 2 N–H and O–H groups in total. The van der Waals surface area contributed by atoms with Crippen LogP contribution >= 0.6 is 11.6 Å². The smallest absolute Gasteiger partial charge is 0.238 e. The molecule has 0 heterocycles. The first-order valence-electron chi connectivity index (χ1n) is 6.07. The molecule has 1 rings (SSSR count). The molecule has 5 heteroatoms. The van der Waals surface area contributed by atoms with Gasteiger partial charge in [0, 0.05) is 6.54 Å². The average Bonchev–Trinajstić information content (AvgIpc) is 2.36. The molecule has 0 radical (unpaired) electrons. The molecule has 0 saturated carbocycles. The summed E-state index contributed by atoms with van der Waals surface area (Å²) < 4.78 is 5.30. The molecule has 19 heavy (non-hydrogen) atoms. The summed E-state index contributed by atoms with van der Waals surface area (Å²) in [6, 6.07) is 7.13. The Balaban J connectivity index is 2.15. The van der Waals surface area contributed by atoms with Gasteiger partial charge in [-0.05, 0) is 19.1 Å². The lowest BCUT2D eigenvalue weighted by molar-refractivity contribution is -0.115. The van der Waals surface area contributed by atoms with Crippen LogP contribution in [0.15, 0.2) is 36.4 Å². The quantitative estimate of drug-likeness (QED) is 0.569. The molecule has 0 fully saturated rings. The van der Waals surface area contributed by atoms with E-state index >= 15 is 0 Å². The number of carbonyl (C=O) groups excluding carboxylic acids is 1. The number of halogens is 1. The third-order valence-corrected chi connectivity index (χ3v) is 2.53. The molecular weight excluding hydrogens is 264 g/mol. The largest absolute Gasteiger partial charge is 0.376 e. The molecule has 1 aromatic carbocycles. The van der Waals surface area contributed by atoms with Crippen LogP contribution < -0.4 is 10.6 Å². The Kier molecular flexibility index (Phi) is 7.18. The number of rotatable bonds is 8. The molecule has 0 aliphatic carbocycles. The van der Waals surface area contributed by atoms with Crippen LogP contribution in [-0.4, -0.2) is 32.2 Å². The van der Waals surface area contributed by atoms with Crippen LogP contribution in [0, 0.1) is 0 Å². The summed E-state index contributed by atoms with van der Waals surface area (Å²) in [7, 11) is 0. The van der Waals surface area contributed by atoms with Crippen LogP contribution in [0.1, 0.15) is 6.92 Å². The Hall–Kier alpha value is -1.36. The lowest BCUT2D eigenvalue weighted by Gasteiger charge is -2.08. The fraction of sp³-hybridized carbons (Fsp3) is 0.357. The topological polar surface area (TPSA) is 50.4 Å². The van der Waals surface area contributed by atoms with Gasteiger partial charge in [0.05, 0.1) is 30.5 Å². The molecular formula is C14H19ClN2O2. The molecule has 0 spiro atoms.